The molecule has 2 aliphatic rings. The third-order valence-corrected chi connectivity index (χ3v) is 4.64. The van der Waals surface area contributed by atoms with E-state index in [-0.39, 0.29) is 5.41 Å². The molecule has 3 heteroatoms. The van der Waals surface area contributed by atoms with E-state index in [1.165, 1.54) is 12.8 Å². The molecule has 0 aromatic carbocycles. The highest BCUT2D eigenvalue weighted by Gasteiger charge is 2.39. The first-order valence-electron chi connectivity index (χ1n) is 6.41. The molecule has 0 spiro atoms. The van der Waals surface area contributed by atoms with Crippen LogP contribution in [0.4, 0.5) is 0 Å². The summed E-state index contributed by atoms with van der Waals surface area (Å²) in [7, 11) is 1.95. The number of halogens is 1. The molecule has 2 aliphatic carbocycles. The Morgan fingerprint density at radius 3 is 2.44 bits per heavy atom. The van der Waals surface area contributed by atoms with Gasteiger partial charge < -0.3 is 4.90 Å². The summed E-state index contributed by atoms with van der Waals surface area (Å²) >= 11 is 5.96. The lowest BCUT2D eigenvalue weighted by atomic mass is 9.83. The third kappa shape index (κ3) is 2.37. The van der Waals surface area contributed by atoms with Gasteiger partial charge in [-0.25, -0.2) is 0 Å². The van der Waals surface area contributed by atoms with Crippen LogP contribution in [0.15, 0.2) is 0 Å². The van der Waals surface area contributed by atoms with Gasteiger partial charge in [0, 0.05) is 24.4 Å². The number of rotatable bonds is 3. The van der Waals surface area contributed by atoms with Gasteiger partial charge in [0.05, 0.1) is 0 Å². The van der Waals surface area contributed by atoms with Crippen molar-refractivity contribution in [3.8, 4) is 0 Å². The van der Waals surface area contributed by atoms with Crippen LogP contribution >= 0.6 is 11.6 Å². The van der Waals surface area contributed by atoms with Crippen molar-refractivity contribution in [2.45, 2.75) is 50.8 Å². The molecule has 2 rings (SSSR count). The van der Waals surface area contributed by atoms with Crippen molar-refractivity contribution < 1.29 is 4.79 Å². The Kier molecular flexibility index (Phi) is 3.48. The van der Waals surface area contributed by atoms with Gasteiger partial charge in [-0.2, -0.15) is 0 Å². The molecule has 2 fully saturated rings. The Morgan fingerprint density at radius 2 is 1.94 bits per heavy atom. The van der Waals surface area contributed by atoms with Crippen molar-refractivity contribution >= 4 is 17.5 Å². The van der Waals surface area contributed by atoms with Crippen LogP contribution in [0.25, 0.3) is 0 Å². The summed E-state index contributed by atoms with van der Waals surface area (Å²) in [5.41, 5.74) is -0.0706. The van der Waals surface area contributed by atoms with Crippen LogP contribution in [-0.4, -0.2) is 29.8 Å². The molecule has 1 amide bonds. The maximum absolute atomic E-state index is 12.3. The van der Waals surface area contributed by atoms with E-state index >= 15 is 0 Å². The fraction of sp³-hybridized carbons (Fsp3) is 0.923. The van der Waals surface area contributed by atoms with Crippen molar-refractivity contribution in [1.82, 2.24) is 4.90 Å². The zero-order valence-electron chi connectivity index (χ0n) is 10.3. The minimum Gasteiger partial charge on any atom is -0.345 e. The quantitative estimate of drug-likeness (QED) is 0.698. The van der Waals surface area contributed by atoms with E-state index in [1.807, 2.05) is 11.9 Å². The van der Waals surface area contributed by atoms with Crippen molar-refractivity contribution in [3.05, 3.63) is 0 Å². The Labute approximate surface area is 103 Å². The molecule has 0 unspecified atom stereocenters. The highest BCUT2D eigenvalue weighted by molar-refractivity contribution is 6.21. The molecule has 92 valence electrons. The second kappa shape index (κ2) is 4.56. The molecule has 0 aromatic heterocycles. The van der Waals surface area contributed by atoms with E-state index in [1.54, 1.807) is 0 Å². The summed E-state index contributed by atoms with van der Waals surface area (Å²) in [5.74, 6) is 0.990. The van der Waals surface area contributed by atoms with Gasteiger partial charge in [0.15, 0.2) is 0 Å². The van der Waals surface area contributed by atoms with Gasteiger partial charge >= 0.3 is 0 Å². The smallest absolute Gasteiger partial charge is 0.228 e. The molecule has 0 atom stereocenters. The summed E-state index contributed by atoms with van der Waals surface area (Å²) in [4.78, 5) is 14.3. The first-order chi connectivity index (χ1) is 7.51. The van der Waals surface area contributed by atoms with Gasteiger partial charge in [-0.1, -0.05) is 19.8 Å². The predicted octanol–water partition coefficient (Wildman–Crippen LogP) is 3.04. The van der Waals surface area contributed by atoms with Gasteiger partial charge in [0.25, 0.3) is 0 Å². The van der Waals surface area contributed by atoms with E-state index in [9.17, 15) is 4.79 Å². The minimum absolute atomic E-state index is 0.0706. The minimum atomic E-state index is -0.0706. The second-order valence-electron chi connectivity index (χ2n) is 5.89. The lowest BCUT2D eigenvalue weighted by Crippen LogP contribution is -2.43. The normalized spacial score (nSPS) is 32.2. The molecule has 0 aromatic rings. The van der Waals surface area contributed by atoms with Crippen LogP contribution in [0, 0.1) is 11.3 Å². The Morgan fingerprint density at radius 1 is 1.38 bits per heavy atom. The summed E-state index contributed by atoms with van der Waals surface area (Å²) in [6.45, 7) is 3.03. The average molecular weight is 244 g/mol. The summed E-state index contributed by atoms with van der Waals surface area (Å²) in [6.07, 6.45) is 6.72. The SMILES string of the molecule is CN(CC1CC(Cl)C1)C(=O)C1(C)CCCC1. The fourth-order valence-electron chi connectivity index (χ4n) is 3.10. The Balaban J connectivity index is 1.84. The average Bonchev–Trinajstić information content (AvgIpc) is 2.63. The molecular formula is C13H22ClNO. The highest BCUT2D eigenvalue weighted by atomic mass is 35.5. The molecule has 0 aliphatic heterocycles. The predicted molar refractivity (Wildman–Crippen MR) is 66.6 cm³/mol. The Bertz CT molecular complexity index is 267. The van der Waals surface area contributed by atoms with Gasteiger partial charge in [0.2, 0.25) is 5.91 Å². The maximum Gasteiger partial charge on any atom is 0.228 e. The first kappa shape index (κ1) is 12.2. The number of hydrogen-bond acceptors (Lipinski definition) is 1. The lowest BCUT2D eigenvalue weighted by molar-refractivity contribution is -0.140. The molecule has 0 saturated heterocycles. The first-order valence-corrected chi connectivity index (χ1v) is 6.84. The molecule has 0 radical (unpaired) electrons. The van der Waals surface area contributed by atoms with Crippen LogP contribution in [0.1, 0.15) is 45.4 Å². The molecule has 0 N–H and O–H groups in total. The Hall–Kier alpha value is -0.240. The van der Waals surface area contributed by atoms with Gasteiger partial charge in [-0.3, -0.25) is 4.79 Å². The van der Waals surface area contributed by atoms with Gasteiger partial charge in [-0.15, -0.1) is 11.6 Å². The van der Waals surface area contributed by atoms with E-state index in [0.29, 0.717) is 17.2 Å². The van der Waals surface area contributed by atoms with Crippen LogP contribution in [0.3, 0.4) is 0 Å². The van der Waals surface area contributed by atoms with Crippen molar-refractivity contribution in [1.29, 1.82) is 0 Å². The standard InChI is InChI=1S/C13H22ClNO/c1-13(5-3-4-6-13)12(16)15(2)9-10-7-11(14)8-10/h10-11H,3-9H2,1-2H3. The zero-order valence-corrected chi connectivity index (χ0v) is 11.1. The van der Waals surface area contributed by atoms with Crippen molar-refractivity contribution in [3.63, 3.8) is 0 Å². The largest absolute Gasteiger partial charge is 0.345 e. The maximum atomic E-state index is 12.3. The molecule has 16 heavy (non-hydrogen) atoms. The topological polar surface area (TPSA) is 20.3 Å². The number of amides is 1. The number of alkyl halides is 1. The zero-order chi connectivity index (χ0) is 11.8. The second-order valence-corrected chi connectivity index (χ2v) is 6.51. The molecule has 0 bridgehead atoms. The van der Waals surface area contributed by atoms with E-state index < -0.39 is 0 Å². The van der Waals surface area contributed by atoms with Crippen LogP contribution in [0.2, 0.25) is 0 Å². The monoisotopic (exact) mass is 243 g/mol. The number of hydrogen-bond donors (Lipinski definition) is 0. The van der Waals surface area contributed by atoms with Crippen LogP contribution in [0.5, 0.6) is 0 Å². The summed E-state index contributed by atoms with van der Waals surface area (Å²) in [5, 5.41) is 0.357. The van der Waals surface area contributed by atoms with Gasteiger partial charge in [-0.05, 0) is 31.6 Å². The fourth-order valence-corrected chi connectivity index (χ4v) is 3.61. The summed E-state index contributed by atoms with van der Waals surface area (Å²) < 4.78 is 0. The van der Waals surface area contributed by atoms with E-state index in [2.05, 4.69) is 6.92 Å². The highest BCUT2D eigenvalue weighted by Crippen LogP contribution is 2.40. The van der Waals surface area contributed by atoms with E-state index in [4.69, 9.17) is 11.6 Å². The molecular weight excluding hydrogens is 222 g/mol. The molecule has 2 nitrogen and oxygen atoms in total. The number of nitrogens with zero attached hydrogens (tertiary/aromatic N) is 1. The third-order valence-electron chi connectivity index (χ3n) is 4.28. The van der Waals surface area contributed by atoms with Crippen LogP contribution < -0.4 is 0 Å². The number of carbonyl (C=O) groups is 1. The van der Waals surface area contributed by atoms with E-state index in [0.717, 1.165) is 32.2 Å². The van der Waals surface area contributed by atoms with Crippen LogP contribution in [-0.2, 0) is 4.79 Å². The summed E-state index contributed by atoms with van der Waals surface area (Å²) in [6, 6.07) is 0. The van der Waals surface area contributed by atoms with Crippen molar-refractivity contribution in [2.24, 2.45) is 11.3 Å². The number of carbonyl (C=O) groups excluding carboxylic acids is 1. The van der Waals surface area contributed by atoms with Gasteiger partial charge in [0.1, 0.15) is 0 Å². The molecule has 2 saturated carbocycles. The molecule has 0 heterocycles. The van der Waals surface area contributed by atoms with Crippen molar-refractivity contribution in [2.75, 3.05) is 13.6 Å². The lowest BCUT2D eigenvalue weighted by Gasteiger charge is -2.36.